The summed E-state index contributed by atoms with van der Waals surface area (Å²) >= 11 is 8.05. The predicted molar refractivity (Wildman–Crippen MR) is 129 cm³/mol. The summed E-state index contributed by atoms with van der Waals surface area (Å²) in [5.41, 5.74) is 1.48. The zero-order chi connectivity index (χ0) is 22.5. The molecule has 0 spiro atoms. The van der Waals surface area contributed by atoms with Gasteiger partial charge in [0.25, 0.3) is 5.91 Å². The van der Waals surface area contributed by atoms with Crippen molar-refractivity contribution in [3.8, 4) is 0 Å². The molecule has 2 aromatic carbocycles. The fourth-order valence-corrected chi connectivity index (χ4v) is 4.72. The Balaban J connectivity index is 1.55. The lowest BCUT2D eigenvalue weighted by Crippen LogP contribution is -2.28. The van der Waals surface area contributed by atoms with Gasteiger partial charge in [0, 0.05) is 40.2 Å². The van der Waals surface area contributed by atoms with Crippen LogP contribution in [0.5, 0.6) is 0 Å². The average Bonchev–Trinajstić information content (AvgIpc) is 3.45. The van der Waals surface area contributed by atoms with Gasteiger partial charge in [-0.1, -0.05) is 41.9 Å². The Morgan fingerprint density at radius 3 is 2.53 bits per heavy atom. The Hall–Kier alpha value is -3.35. The maximum atomic E-state index is 13.1. The Morgan fingerprint density at radius 2 is 1.84 bits per heavy atom. The molecule has 0 aliphatic rings. The Morgan fingerprint density at radius 1 is 1.06 bits per heavy atom. The number of hydrogen-bond acceptors (Lipinski definition) is 4. The zero-order valence-corrected chi connectivity index (χ0v) is 19.0. The molecule has 2 aromatic heterocycles. The summed E-state index contributed by atoms with van der Waals surface area (Å²) < 4.78 is 6.53. The monoisotopic (exact) mass is 464 g/mol. The van der Waals surface area contributed by atoms with E-state index in [1.165, 1.54) is 0 Å². The molecule has 0 radical (unpaired) electrons. The first-order valence-electron chi connectivity index (χ1n) is 10.0. The summed E-state index contributed by atoms with van der Waals surface area (Å²) in [7, 11) is 1.59. The maximum absolute atomic E-state index is 13.1. The third kappa shape index (κ3) is 4.93. The van der Waals surface area contributed by atoms with Gasteiger partial charge in [0.2, 0.25) is 5.91 Å². The van der Waals surface area contributed by atoms with Crippen molar-refractivity contribution < 1.29 is 14.0 Å². The van der Waals surface area contributed by atoms with Crippen LogP contribution in [-0.4, -0.2) is 23.8 Å². The number of hydrogen-bond donors (Lipinski definition) is 1. The van der Waals surface area contributed by atoms with Crippen molar-refractivity contribution >= 4 is 50.9 Å². The van der Waals surface area contributed by atoms with Gasteiger partial charge in [0.15, 0.2) is 0 Å². The largest absolute Gasteiger partial charge is 0.467 e. The molecule has 0 saturated carbocycles. The molecule has 7 heteroatoms. The number of amides is 2. The van der Waals surface area contributed by atoms with Crippen molar-refractivity contribution in [3.63, 3.8) is 0 Å². The van der Waals surface area contributed by atoms with Crippen molar-refractivity contribution in [1.29, 1.82) is 0 Å². The maximum Gasteiger partial charge on any atom is 0.251 e. The second kappa shape index (κ2) is 9.85. The van der Waals surface area contributed by atoms with Crippen LogP contribution in [0.1, 0.15) is 26.6 Å². The fraction of sp³-hybridized carbons (Fsp3) is 0.120. The van der Waals surface area contributed by atoms with Crippen LogP contribution in [0.3, 0.4) is 0 Å². The van der Waals surface area contributed by atoms with E-state index in [1.807, 2.05) is 42.5 Å². The van der Waals surface area contributed by atoms with Crippen LogP contribution in [-0.2, 0) is 17.9 Å². The first-order valence-corrected chi connectivity index (χ1v) is 11.2. The molecule has 0 saturated heterocycles. The van der Waals surface area contributed by atoms with Crippen LogP contribution in [0, 0.1) is 0 Å². The van der Waals surface area contributed by atoms with Gasteiger partial charge in [-0.05, 0) is 42.0 Å². The topological polar surface area (TPSA) is 62.6 Å². The van der Waals surface area contributed by atoms with E-state index >= 15 is 0 Å². The van der Waals surface area contributed by atoms with Crippen molar-refractivity contribution in [2.24, 2.45) is 0 Å². The molecule has 0 bridgehead atoms. The van der Waals surface area contributed by atoms with Crippen LogP contribution in [0.4, 0.5) is 0 Å². The van der Waals surface area contributed by atoms with E-state index in [4.69, 9.17) is 16.0 Å². The molecule has 162 valence electrons. The fourth-order valence-electron chi connectivity index (χ4n) is 3.32. The smallest absolute Gasteiger partial charge is 0.251 e. The third-order valence-corrected chi connectivity index (χ3v) is 6.65. The molecule has 4 rings (SSSR count). The number of carbonyl (C=O) groups is 2. The molecule has 5 nitrogen and oxygen atoms in total. The minimum Gasteiger partial charge on any atom is -0.467 e. The summed E-state index contributed by atoms with van der Waals surface area (Å²) in [4.78, 5) is 27.4. The van der Waals surface area contributed by atoms with Crippen molar-refractivity contribution in [2.75, 3.05) is 7.05 Å². The number of thiophene rings is 1. The lowest BCUT2D eigenvalue weighted by Gasteiger charge is -2.20. The van der Waals surface area contributed by atoms with Gasteiger partial charge in [-0.3, -0.25) is 9.59 Å². The Kier molecular flexibility index (Phi) is 6.73. The lowest BCUT2D eigenvalue weighted by molar-refractivity contribution is -0.127. The summed E-state index contributed by atoms with van der Waals surface area (Å²) in [6.07, 6.45) is 4.89. The Bertz CT molecular complexity index is 1260. The summed E-state index contributed by atoms with van der Waals surface area (Å²) in [5.74, 6) is 0.377. The normalized spacial score (nSPS) is 11.2. The molecule has 0 aliphatic carbocycles. The highest BCUT2D eigenvalue weighted by Gasteiger charge is 2.15. The average molecular weight is 465 g/mol. The van der Waals surface area contributed by atoms with Gasteiger partial charge in [-0.25, -0.2) is 0 Å². The summed E-state index contributed by atoms with van der Waals surface area (Å²) in [5, 5.41) is 4.23. The number of fused-ring (bicyclic) bond motifs is 1. The van der Waals surface area contributed by atoms with E-state index in [2.05, 4.69) is 5.32 Å². The van der Waals surface area contributed by atoms with Crippen molar-refractivity contribution in [2.45, 2.75) is 13.1 Å². The van der Waals surface area contributed by atoms with Gasteiger partial charge >= 0.3 is 0 Å². The molecular formula is C25H21ClN2O3S. The zero-order valence-electron chi connectivity index (χ0n) is 17.4. The van der Waals surface area contributed by atoms with E-state index in [-0.39, 0.29) is 11.8 Å². The van der Waals surface area contributed by atoms with Crippen molar-refractivity contribution in [1.82, 2.24) is 10.2 Å². The van der Waals surface area contributed by atoms with E-state index in [0.717, 1.165) is 20.5 Å². The van der Waals surface area contributed by atoms with E-state index < -0.39 is 0 Å². The third-order valence-electron chi connectivity index (χ3n) is 4.99. The van der Waals surface area contributed by atoms with Crippen LogP contribution in [0.2, 0.25) is 5.02 Å². The standard InChI is InChI=1S/C25H21ClN2O3S/c1-27-25(30)18-10-8-17(9-11-18)15-28(16-19-5-4-14-31-19)23(29)13-12-22-24(26)20-6-2-3-7-21(20)32-22/h2-14H,15-16H2,1H3,(H,27,30)/b13-12+. The molecule has 0 unspecified atom stereocenters. The molecule has 1 N–H and O–H groups in total. The van der Waals surface area contributed by atoms with Crippen LogP contribution in [0.15, 0.2) is 77.4 Å². The molecule has 2 heterocycles. The molecule has 32 heavy (non-hydrogen) atoms. The minimum atomic E-state index is -0.162. The molecule has 4 aromatic rings. The van der Waals surface area contributed by atoms with Crippen LogP contribution >= 0.6 is 22.9 Å². The summed E-state index contributed by atoms with van der Waals surface area (Å²) in [6, 6.07) is 18.7. The number of rotatable bonds is 7. The highest BCUT2D eigenvalue weighted by Crippen LogP contribution is 2.36. The highest BCUT2D eigenvalue weighted by atomic mass is 35.5. The van der Waals surface area contributed by atoms with E-state index in [9.17, 15) is 9.59 Å². The first-order chi connectivity index (χ1) is 15.5. The quantitative estimate of drug-likeness (QED) is 0.354. The molecule has 0 atom stereocenters. The number of furan rings is 1. The van der Waals surface area contributed by atoms with Gasteiger partial charge in [0.1, 0.15) is 5.76 Å². The van der Waals surface area contributed by atoms with Gasteiger partial charge in [-0.15, -0.1) is 11.3 Å². The van der Waals surface area contributed by atoms with E-state index in [1.54, 1.807) is 59.9 Å². The van der Waals surface area contributed by atoms with Gasteiger partial charge in [-0.2, -0.15) is 0 Å². The second-order valence-electron chi connectivity index (χ2n) is 7.16. The number of carbonyl (C=O) groups excluding carboxylic acids is 2. The SMILES string of the molecule is CNC(=O)c1ccc(CN(Cc2ccco2)C(=O)/C=C/c2sc3ccccc3c2Cl)cc1. The number of benzene rings is 2. The lowest BCUT2D eigenvalue weighted by atomic mass is 10.1. The second-order valence-corrected chi connectivity index (χ2v) is 8.62. The van der Waals surface area contributed by atoms with Gasteiger partial charge in [0.05, 0.1) is 17.8 Å². The first kappa shape index (κ1) is 21.9. The van der Waals surface area contributed by atoms with Crippen LogP contribution in [0.25, 0.3) is 16.2 Å². The number of nitrogens with zero attached hydrogens (tertiary/aromatic N) is 1. The summed E-state index contributed by atoms with van der Waals surface area (Å²) in [6.45, 7) is 0.700. The van der Waals surface area contributed by atoms with Gasteiger partial charge < -0.3 is 14.6 Å². The minimum absolute atomic E-state index is 0.150. The number of halogens is 1. The molecule has 0 fully saturated rings. The molecular weight excluding hydrogens is 444 g/mol. The van der Waals surface area contributed by atoms with E-state index in [0.29, 0.717) is 29.4 Å². The predicted octanol–water partition coefficient (Wildman–Crippen LogP) is 5.75. The highest BCUT2D eigenvalue weighted by molar-refractivity contribution is 7.20. The number of nitrogens with one attached hydrogen (secondary N) is 1. The van der Waals surface area contributed by atoms with Crippen LogP contribution < -0.4 is 5.32 Å². The molecule has 0 aliphatic heterocycles. The Labute approximate surface area is 194 Å². The molecule has 2 amide bonds. The van der Waals surface area contributed by atoms with Crippen molar-refractivity contribution in [3.05, 3.63) is 99.8 Å².